The van der Waals surface area contributed by atoms with Gasteiger partial charge >= 0.3 is 0 Å². The Balaban J connectivity index is 1.56. The number of benzene rings is 2. The summed E-state index contributed by atoms with van der Waals surface area (Å²) in [6.07, 6.45) is 1.62. The van der Waals surface area contributed by atoms with Gasteiger partial charge in [0.25, 0.3) is 0 Å². The number of carbonyl (C=O) groups excluding carboxylic acids is 1. The largest absolute Gasteiger partial charge is 0.497 e. The normalized spacial score (nSPS) is 12.7. The topological polar surface area (TPSA) is 83.8 Å². The summed E-state index contributed by atoms with van der Waals surface area (Å²) in [5.41, 5.74) is 2.08. The van der Waals surface area contributed by atoms with Gasteiger partial charge in [-0.2, -0.15) is 0 Å². The van der Waals surface area contributed by atoms with Crippen LogP contribution < -0.4 is 24.3 Å². The minimum Gasteiger partial charge on any atom is -0.497 e. The fraction of sp³-hybridized carbons (Fsp3) is 0.263. The molecule has 0 saturated heterocycles. The number of carbonyl (C=O) groups is 1. The highest BCUT2D eigenvalue weighted by molar-refractivity contribution is 5.93. The lowest BCUT2D eigenvalue weighted by Crippen LogP contribution is -2.19. The van der Waals surface area contributed by atoms with Crippen LogP contribution in [0, 0.1) is 0 Å². The maximum atomic E-state index is 12.6. The number of anilines is 1. The molecule has 2 heterocycles. The van der Waals surface area contributed by atoms with Crippen molar-refractivity contribution in [3.8, 4) is 23.0 Å². The van der Waals surface area contributed by atoms with E-state index in [-0.39, 0.29) is 12.5 Å². The first-order valence-electron chi connectivity index (χ1n) is 8.44. The Hall–Kier alpha value is -3.42. The zero-order chi connectivity index (χ0) is 18.8. The number of methoxy groups -OCH3 is 2. The molecule has 1 aliphatic rings. The van der Waals surface area contributed by atoms with Gasteiger partial charge in [-0.15, -0.1) is 0 Å². The molecule has 0 saturated carbocycles. The van der Waals surface area contributed by atoms with Crippen molar-refractivity contribution < 1.29 is 23.7 Å². The summed E-state index contributed by atoms with van der Waals surface area (Å²) in [6.45, 7) is 1.11. The van der Waals surface area contributed by atoms with Gasteiger partial charge in [-0.25, -0.2) is 4.98 Å². The van der Waals surface area contributed by atoms with Crippen molar-refractivity contribution >= 4 is 22.6 Å². The molecule has 0 radical (unpaired) electrons. The van der Waals surface area contributed by atoms with Gasteiger partial charge < -0.3 is 28.8 Å². The van der Waals surface area contributed by atoms with Crippen LogP contribution in [0.5, 0.6) is 23.0 Å². The first-order chi connectivity index (χ1) is 13.2. The van der Waals surface area contributed by atoms with Crippen molar-refractivity contribution in [2.45, 2.75) is 6.54 Å². The van der Waals surface area contributed by atoms with Gasteiger partial charge in [0.05, 0.1) is 37.3 Å². The van der Waals surface area contributed by atoms with Crippen LogP contribution in [0.4, 0.5) is 5.69 Å². The Morgan fingerprint density at radius 1 is 1.15 bits per heavy atom. The molecule has 140 valence electrons. The minimum atomic E-state index is -0.212. The number of fused-ring (bicyclic) bond motifs is 2. The highest BCUT2D eigenvalue weighted by atomic mass is 16.6. The van der Waals surface area contributed by atoms with Gasteiger partial charge in [0.2, 0.25) is 5.91 Å². The summed E-state index contributed by atoms with van der Waals surface area (Å²) in [5.74, 6) is 2.30. The van der Waals surface area contributed by atoms with Gasteiger partial charge in [0.15, 0.2) is 11.5 Å². The highest BCUT2D eigenvalue weighted by Gasteiger charge is 2.17. The molecule has 0 aliphatic carbocycles. The molecule has 27 heavy (non-hydrogen) atoms. The highest BCUT2D eigenvalue weighted by Crippen LogP contribution is 2.34. The number of rotatable bonds is 5. The number of ether oxygens (including phenoxy) is 4. The third-order valence-electron chi connectivity index (χ3n) is 4.28. The molecule has 1 amide bonds. The molecule has 0 atom stereocenters. The number of aromatic nitrogens is 2. The van der Waals surface area contributed by atoms with Crippen LogP contribution in [0.3, 0.4) is 0 Å². The Labute approximate surface area is 155 Å². The average molecular weight is 369 g/mol. The molecule has 0 unspecified atom stereocenters. The zero-order valence-corrected chi connectivity index (χ0v) is 15.0. The van der Waals surface area contributed by atoms with Crippen LogP contribution in [0.1, 0.15) is 0 Å². The SMILES string of the molecule is COc1ccc(OC)c(NC(=O)Cn2cnc3cc4c(cc32)OCCO4)c1. The number of nitrogens with zero attached hydrogens (tertiary/aromatic N) is 2. The molecule has 2 aromatic carbocycles. The monoisotopic (exact) mass is 369 g/mol. The van der Waals surface area contributed by atoms with Gasteiger partial charge in [-0.3, -0.25) is 4.79 Å². The lowest BCUT2D eigenvalue weighted by atomic mass is 10.2. The van der Waals surface area contributed by atoms with E-state index >= 15 is 0 Å². The number of hydrogen-bond acceptors (Lipinski definition) is 6. The van der Waals surface area contributed by atoms with E-state index in [9.17, 15) is 4.79 Å². The number of imidazole rings is 1. The quantitative estimate of drug-likeness (QED) is 0.744. The standard InChI is InChI=1S/C19H19N3O5/c1-24-12-3-4-16(25-2)14(7-12)21-19(23)10-22-11-20-13-8-17-18(9-15(13)22)27-6-5-26-17/h3-4,7-9,11H,5-6,10H2,1-2H3,(H,21,23). The second kappa shape index (κ2) is 7.06. The summed E-state index contributed by atoms with van der Waals surface area (Å²) in [7, 11) is 3.11. The summed E-state index contributed by atoms with van der Waals surface area (Å²) in [6, 6.07) is 8.89. The molecule has 8 nitrogen and oxygen atoms in total. The second-order valence-corrected chi connectivity index (χ2v) is 5.97. The van der Waals surface area contributed by atoms with Crippen molar-refractivity contribution in [1.82, 2.24) is 9.55 Å². The van der Waals surface area contributed by atoms with Crippen molar-refractivity contribution in [2.24, 2.45) is 0 Å². The van der Waals surface area contributed by atoms with Crippen LogP contribution >= 0.6 is 0 Å². The predicted octanol–water partition coefficient (Wildman–Crippen LogP) is 2.46. The predicted molar refractivity (Wildman–Crippen MR) is 98.9 cm³/mol. The molecule has 0 bridgehead atoms. The fourth-order valence-corrected chi connectivity index (χ4v) is 2.98. The summed E-state index contributed by atoms with van der Waals surface area (Å²) >= 11 is 0. The Morgan fingerprint density at radius 3 is 2.67 bits per heavy atom. The molecule has 4 rings (SSSR count). The van der Waals surface area contributed by atoms with Crippen molar-refractivity contribution in [1.29, 1.82) is 0 Å². The first kappa shape index (κ1) is 17.0. The molecule has 0 spiro atoms. The van der Waals surface area contributed by atoms with Crippen molar-refractivity contribution in [3.63, 3.8) is 0 Å². The molecular formula is C19H19N3O5. The van der Waals surface area contributed by atoms with Crippen LogP contribution in [0.2, 0.25) is 0 Å². The second-order valence-electron chi connectivity index (χ2n) is 5.97. The maximum absolute atomic E-state index is 12.6. The molecule has 0 fully saturated rings. The molecule has 3 aromatic rings. The summed E-state index contributed by atoms with van der Waals surface area (Å²) < 4.78 is 23.4. The maximum Gasteiger partial charge on any atom is 0.244 e. The summed E-state index contributed by atoms with van der Waals surface area (Å²) in [4.78, 5) is 16.9. The zero-order valence-electron chi connectivity index (χ0n) is 15.0. The molecule has 1 aliphatic heterocycles. The van der Waals surface area contributed by atoms with Gasteiger partial charge in [0.1, 0.15) is 31.3 Å². The fourth-order valence-electron chi connectivity index (χ4n) is 2.98. The molecule has 8 heteroatoms. The Kier molecular flexibility index (Phi) is 4.45. The Morgan fingerprint density at radius 2 is 1.93 bits per heavy atom. The number of nitrogens with one attached hydrogen (secondary N) is 1. The third kappa shape index (κ3) is 3.33. The van der Waals surface area contributed by atoms with E-state index < -0.39 is 0 Å². The van der Waals surface area contributed by atoms with Gasteiger partial charge in [-0.05, 0) is 12.1 Å². The van der Waals surface area contributed by atoms with E-state index in [1.54, 1.807) is 43.3 Å². The molecule has 1 N–H and O–H groups in total. The average Bonchev–Trinajstić information content (AvgIpc) is 3.07. The molecule has 1 aromatic heterocycles. The van der Waals surface area contributed by atoms with Gasteiger partial charge in [0, 0.05) is 18.2 Å². The lowest BCUT2D eigenvalue weighted by molar-refractivity contribution is -0.116. The third-order valence-corrected chi connectivity index (χ3v) is 4.28. The minimum absolute atomic E-state index is 0.0938. The lowest BCUT2D eigenvalue weighted by Gasteiger charge is -2.18. The smallest absolute Gasteiger partial charge is 0.244 e. The van der Waals surface area contributed by atoms with E-state index in [2.05, 4.69) is 10.3 Å². The van der Waals surface area contributed by atoms with E-state index in [1.165, 1.54) is 0 Å². The first-order valence-corrected chi connectivity index (χ1v) is 8.44. The number of hydrogen-bond donors (Lipinski definition) is 1. The van der Waals surface area contributed by atoms with E-state index in [4.69, 9.17) is 18.9 Å². The van der Waals surface area contributed by atoms with E-state index in [1.807, 2.05) is 12.1 Å². The van der Waals surface area contributed by atoms with Crippen LogP contribution in [0.15, 0.2) is 36.7 Å². The van der Waals surface area contributed by atoms with Gasteiger partial charge in [-0.1, -0.05) is 0 Å². The summed E-state index contributed by atoms with van der Waals surface area (Å²) in [5, 5.41) is 2.85. The van der Waals surface area contributed by atoms with E-state index in [0.717, 1.165) is 11.0 Å². The molecular weight excluding hydrogens is 350 g/mol. The van der Waals surface area contributed by atoms with Crippen LogP contribution in [0.25, 0.3) is 11.0 Å². The number of amides is 1. The van der Waals surface area contributed by atoms with Crippen LogP contribution in [-0.2, 0) is 11.3 Å². The van der Waals surface area contributed by atoms with Crippen molar-refractivity contribution in [2.75, 3.05) is 32.8 Å². The van der Waals surface area contributed by atoms with E-state index in [0.29, 0.717) is 41.9 Å². The Bertz CT molecular complexity index is 998. The van der Waals surface area contributed by atoms with Crippen molar-refractivity contribution in [3.05, 3.63) is 36.7 Å². The van der Waals surface area contributed by atoms with Crippen LogP contribution in [-0.4, -0.2) is 42.9 Å².